The van der Waals surface area contributed by atoms with Crippen molar-refractivity contribution in [2.75, 3.05) is 0 Å². The largest absolute Gasteiger partial charge is 0.325 e. The van der Waals surface area contributed by atoms with Crippen LogP contribution in [0.4, 0.5) is 0 Å². The molecule has 2 N–H and O–H groups in total. The first-order valence-corrected chi connectivity index (χ1v) is 6.97. The lowest BCUT2D eigenvalue weighted by molar-refractivity contribution is -0.120. The monoisotopic (exact) mass is 225 g/mol. The van der Waals surface area contributed by atoms with Crippen LogP contribution in [0.5, 0.6) is 0 Å². The minimum atomic E-state index is -0.138. The van der Waals surface area contributed by atoms with Crippen LogP contribution in [0.1, 0.15) is 77.6 Å². The molecule has 0 atom stereocenters. The molecular weight excluding hydrogens is 198 g/mol. The van der Waals surface area contributed by atoms with Crippen molar-refractivity contribution >= 4 is 5.78 Å². The van der Waals surface area contributed by atoms with Crippen molar-refractivity contribution in [3.63, 3.8) is 0 Å². The second kappa shape index (κ2) is 7.05. The summed E-state index contributed by atoms with van der Waals surface area (Å²) in [5.41, 5.74) is 6.05. The van der Waals surface area contributed by atoms with E-state index in [0.717, 1.165) is 25.7 Å². The predicted molar refractivity (Wildman–Crippen MR) is 68.4 cm³/mol. The molecule has 0 heterocycles. The van der Waals surface area contributed by atoms with Crippen LogP contribution in [0.15, 0.2) is 0 Å². The molecule has 1 fully saturated rings. The molecule has 0 amide bonds. The Labute approximate surface area is 100.0 Å². The maximum atomic E-state index is 11.8. The predicted octanol–water partition coefficient (Wildman–Crippen LogP) is 3.58. The van der Waals surface area contributed by atoms with E-state index >= 15 is 0 Å². The van der Waals surface area contributed by atoms with Gasteiger partial charge in [-0.3, -0.25) is 4.79 Å². The smallest absolute Gasteiger partial charge is 0.134 e. The molecular formula is C14H27NO. The third-order valence-electron chi connectivity index (χ3n) is 3.71. The van der Waals surface area contributed by atoms with Crippen LogP contribution in [0.25, 0.3) is 0 Å². The molecule has 16 heavy (non-hydrogen) atoms. The minimum absolute atomic E-state index is 0.138. The molecule has 1 aliphatic rings. The van der Waals surface area contributed by atoms with Gasteiger partial charge < -0.3 is 5.73 Å². The van der Waals surface area contributed by atoms with Crippen LogP contribution >= 0.6 is 0 Å². The van der Waals surface area contributed by atoms with Crippen molar-refractivity contribution in [2.45, 2.75) is 83.1 Å². The van der Waals surface area contributed by atoms with E-state index < -0.39 is 0 Å². The fourth-order valence-electron chi connectivity index (χ4n) is 2.66. The number of ketones is 1. The quantitative estimate of drug-likeness (QED) is 0.642. The molecule has 1 aliphatic carbocycles. The lowest BCUT2D eigenvalue weighted by Gasteiger charge is -2.22. The first-order chi connectivity index (χ1) is 7.66. The van der Waals surface area contributed by atoms with Gasteiger partial charge in [-0.15, -0.1) is 0 Å². The van der Waals surface area contributed by atoms with Crippen molar-refractivity contribution < 1.29 is 4.79 Å². The highest BCUT2D eigenvalue weighted by molar-refractivity contribution is 5.79. The maximum absolute atomic E-state index is 11.8. The number of hydrogen-bond acceptors (Lipinski definition) is 2. The number of hydrogen-bond donors (Lipinski definition) is 1. The fourth-order valence-corrected chi connectivity index (χ4v) is 2.66. The molecule has 2 nitrogen and oxygen atoms in total. The van der Waals surface area contributed by atoms with E-state index in [0.29, 0.717) is 12.2 Å². The molecule has 0 bridgehead atoms. The van der Waals surface area contributed by atoms with Crippen LogP contribution in [0.3, 0.4) is 0 Å². The number of carbonyl (C=O) groups is 1. The standard InChI is InChI=1S/C14H27NO/c1-2-3-4-5-6-9-13(16)12-14(15)10-7-8-11-14/h2-12,15H2,1H3. The summed E-state index contributed by atoms with van der Waals surface area (Å²) >= 11 is 0. The Kier molecular flexibility index (Phi) is 6.04. The number of rotatable bonds is 8. The van der Waals surface area contributed by atoms with E-state index in [4.69, 9.17) is 5.73 Å². The van der Waals surface area contributed by atoms with E-state index in [1.54, 1.807) is 0 Å². The molecule has 0 aromatic carbocycles. The summed E-state index contributed by atoms with van der Waals surface area (Å²) in [4.78, 5) is 11.8. The highest BCUT2D eigenvalue weighted by atomic mass is 16.1. The second-order valence-electron chi connectivity index (χ2n) is 5.45. The van der Waals surface area contributed by atoms with Crippen LogP contribution in [-0.4, -0.2) is 11.3 Å². The molecule has 1 rings (SSSR count). The van der Waals surface area contributed by atoms with Crippen LogP contribution < -0.4 is 5.73 Å². The molecule has 94 valence electrons. The third kappa shape index (κ3) is 5.11. The van der Waals surface area contributed by atoms with E-state index in [1.165, 1.54) is 38.5 Å². The summed E-state index contributed by atoms with van der Waals surface area (Å²) in [6.07, 6.45) is 12.0. The molecule has 0 saturated heterocycles. The van der Waals surface area contributed by atoms with Crippen molar-refractivity contribution in [3.05, 3.63) is 0 Å². The number of unbranched alkanes of at least 4 members (excludes halogenated alkanes) is 4. The topological polar surface area (TPSA) is 43.1 Å². The Bertz CT molecular complexity index is 207. The van der Waals surface area contributed by atoms with Gasteiger partial charge in [-0.05, 0) is 19.3 Å². The Morgan fingerprint density at radius 1 is 1.12 bits per heavy atom. The highest BCUT2D eigenvalue weighted by Crippen LogP contribution is 2.30. The van der Waals surface area contributed by atoms with Gasteiger partial charge >= 0.3 is 0 Å². The Morgan fingerprint density at radius 3 is 2.38 bits per heavy atom. The Morgan fingerprint density at radius 2 is 1.75 bits per heavy atom. The SMILES string of the molecule is CCCCCCCC(=O)CC1(N)CCCC1. The molecule has 0 unspecified atom stereocenters. The Balaban J connectivity index is 2.06. The first kappa shape index (κ1) is 13.7. The van der Waals surface area contributed by atoms with Gasteiger partial charge in [-0.2, -0.15) is 0 Å². The van der Waals surface area contributed by atoms with Crippen molar-refractivity contribution in [2.24, 2.45) is 5.73 Å². The average Bonchev–Trinajstić information content (AvgIpc) is 2.64. The lowest BCUT2D eigenvalue weighted by Crippen LogP contribution is -2.38. The molecule has 0 aromatic rings. The zero-order valence-corrected chi connectivity index (χ0v) is 10.8. The van der Waals surface area contributed by atoms with Gasteiger partial charge in [0.15, 0.2) is 0 Å². The zero-order chi connectivity index (χ0) is 11.9. The second-order valence-corrected chi connectivity index (χ2v) is 5.45. The van der Waals surface area contributed by atoms with E-state index in [2.05, 4.69) is 6.92 Å². The van der Waals surface area contributed by atoms with Gasteiger partial charge in [-0.1, -0.05) is 45.4 Å². The fraction of sp³-hybridized carbons (Fsp3) is 0.929. The molecule has 0 aliphatic heterocycles. The normalized spacial score (nSPS) is 18.9. The van der Waals surface area contributed by atoms with Crippen LogP contribution in [0.2, 0.25) is 0 Å². The molecule has 0 radical (unpaired) electrons. The van der Waals surface area contributed by atoms with E-state index in [1.807, 2.05) is 0 Å². The van der Waals surface area contributed by atoms with Crippen molar-refractivity contribution in [3.8, 4) is 0 Å². The van der Waals surface area contributed by atoms with Gasteiger partial charge in [-0.25, -0.2) is 0 Å². The van der Waals surface area contributed by atoms with Gasteiger partial charge in [0, 0.05) is 18.4 Å². The summed E-state index contributed by atoms with van der Waals surface area (Å²) in [6.45, 7) is 2.21. The van der Waals surface area contributed by atoms with Gasteiger partial charge in [0.05, 0.1) is 0 Å². The summed E-state index contributed by atoms with van der Waals surface area (Å²) in [5, 5.41) is 0. The van der Waals surface area contributed by atoms with Gasteiger partial charge in [0.1, 0.15) is 5.78 Å². The summed E-state index contributed by atoms with van der Waals surface area (Å²) in [7, 11) is 0. The van der Waals surface area contributed by atoms with Crippen molar-refractivity contribution in [1.29, 1.82) is 0 Å². The van der Waals surface area contributed by atoms with Gasteiger partial charge in [0.25, 0.3) is 0 Å². The number of Topliss-reactive ketones (excluding diaryl/α,β-unsaturated/α-hetero) is 1. The number of carbonyl (C=O) groups excluding carboxylic acids is 1. The van der Waals surface area contributed by atoms with Gasteiger partial charge in [0.2, 0.25) is 0 Å². The summed E-state index contributed by atoms with van der Waals surface area (Å²) < 4.78 is 0. The highest BCUT2D eigenvalue weighted by Gasteiger charge is 2.31. The number of nitrogens with two attached hydrogens (primary N) is 1. The van der Waals surface area contributed by atoms with E-state index in [9.17, 15) is 4.79 Å². The molecule has 0 spiro atoms. The zero-order valence-electron chi connectivity index (χ0n) is 10.8. The lowest BCUT2D eigenvalue weighted by atomic mass is 9.90. The van der Waals surface area contributed by atoms with Crippen molar-refractivity contribution in [1.82, 2.24) is 0 Å². The molecule has 1 saturated carbocycles. The Hall–Kier alpha value is -0.370. The third-order valence-corrected chi connectivity index (χ3v) is 3.71. The summed E-state index contributed by atoms with van der Waals surface area (Å²) in [6, 6.07) is 0. The molecule has 0 aromatic heterocycles. The minimum Gasteiger partial charge on any atom is -0.325 e. The first-order valence-electron chi connectivity index (χ1n) is 6.97. The van der Waals surface area contributed by atoms with Crippen LogP contribution in [-0.2, 0) is 4.79 Å². The molecule has 2 heteroatoms. The average molecular weight is 225 g/mol. The summed E-state index contributed by atoms with van der Waals surface area (Å²) in [5.74, 6) is 0.390. The van der Waals surface area contributed by atoms with Crippen LogP contribution in [0, 0.1) is 0 Å². The van der Waals surface area contributed by atoms with E-state index in [-0.39, 0.29) is 5.54 Å². The maximum Gasteiger partial charge on any atom is 0.134 e.